The van der Waals surface area contributed by atoms with E-state index in [4.69, 9.17) is 4.42 Å². The van der Waals surface area contributed by atoms with E-state index in [0.717, 1.165) is 12.8 Å². The zero-order valence-electron chi connectivity index (χ0n) is 5.63. The van der Waals surface area contributed by atoms with Crippen LogP contribution in [-0.4, -0.2) is 0 Å². The lowest BCUT2D eigenvalue weighted by molar-refractivity contribution is 0.563. The van der Waals surface area contributed by atoms with Crippen molar-refractivity contribution in [3.63, 3.8) is 0 Å². The fraction of sp³-hybridized carbons (Fsp3) is 0.375. The number of aryl methyl sites for hydroxylation is 1. The minimum Gasteiger partial charge on any atom is -0.472 e. The lowest BCUT2D eigenvalue weighted by Gasteiger charge is -1.89. The molecule has 0 bridgehead atoms. The molecule has 1 aromatic rings. The second-order valence-corrected chi connectivity index (χ2v) is 2.08. The molecule has 9 heavy (non-hydrogen) atoms. The zero-order valence-corrected chi connectivity index (χ0v) is 5.63. The highest BCUT2D eigenvalue weighted by molar-refractivity contribution is 5.05. The Bertz CT molecular complexity index is 142. The van der Waals surface area contributed by atoms with E-state index in [0.29, 0.717) is 0 Å². The molecule has 0 N–H and O–H groups in total. The van der Waals surface area contributed by atoms with E-state index in [1.54, 1.807) is 12.5 Å². The quantitative estimate of drug-likeness (QED) is 0.601. The summed E-state index contributed by atoms with van der Waals surface area (Å²) in [4.78, 5) is 0. The SMILES string of the molecule is C[CH]CCc1ccoc1. The molecular formula is C8H11O. The molecule has 1 rings (SSSR count). The van der Waals surface area contributed by atoms with Gasteiger partial charge in [-0.15, -0.1) is 0 Å². The molecule has 0 aliphatic heterocycles. The molecule has 49 valence electrons. The summed E-state index contributed by atoms with van der Waals surface area (Å²) in [6, 6.07) is 2.00. The van der Waals surface area contributed by atoms with E-state index in [2.05, 4.69) is 13.3 Å². The van der Waals surface area contributed by atoms with Crippen molar-refractivity contribution >= 4 is 0 Å². The Labute approximate surface area is 55.7 Å². The molecule has 0 aliphatic carbocycles. The van der Waals surface area contributed by atoms with Gasteiger partial charge in [-0.25, -0.2) is 0 Å². The maximum absolute atomic E-state index is 4.90. The van der Waals surface area contributed by atoms with Crippen molar-refractivity contribution in [2.75, 3.05) is 0 Å². The number of furan rings is 1. The van der Waals surface area contributed by atoms with Crippen LogP contribution in [0.25, 0.3) is 0 Å². The highest BCUT2D eigenvalue weighted by atomic mass is 16.3. The van der Waals surface area contributed by atoms with Gasteiger partial charge < -0.3 is 4.42 Å². The predicted octanol–water partition coefficient (Wildman–Crippen LogP) is 2.44. The van der Waals surface area contributed by atoms with Crippen LogP contribution in [0.2, 0.25) is 0 Å². The third kappa shape index (κ3) is 1.92. The number of hydrogen-bond acceptors (Lipinski definition) is 1. The first kappa shape index (κ1) is 6.40. The number of hydrogen-bond donors (Lipinski definition) is 0. The van der Waals surface area contributed by atoms with Gasteiger partial charge in [-0.1, -0.05) is 6.92 Å². The molecule has 0 aromatic carbocycles. The molecule has 0 atom stereocenters. The van der Waals surface area contributed by atoms with Crippen molar-refractivity contribution in [1.29, 1.82) is 0 Å². The van der Waals surface area contributed by atoms with Crippen LogP contribution in [0.5, 0.6) is 0 Å². The van der Waals surface area contributed by atoms with Gasteiger partial charge in [-0.2, -0.15) is 0 Å². The summed E-state index contributed by atoms with van der Waals surface area (Å²) < 4.78 is 4.90. The van der Waals surface area contributed by atoms with Crippen LogP contribution in [0.1, 0.15) is 18.9 Å². The van der Waals surface area contributed by atoms with Gasteiger partial charge in [0, 0.05) is 0 Å². The van der Waals surface area contributed by atoms with E-state index in [1.165, 1.54) is 5.56 Å². The monoisotopic (exact) mass is 123 g/mol. The van der Waals surface area contributed by atoms with Crippen LogP contribution in [-0.2, 0) is 6.42 Å². The Morgan fingerprint density at radius 2 is 2.56 bits per heavy atom. The topological polar surface area (TPSA) is 13.1 Å². The van der Waals surface area contributed by atoms with Crippen LogP contribution in [0, 0.1) is 6.42 Å². The maximum atomic E-state index is 4.90. The van der Waals surface area contributed by atoms with E-state index < -0.39 is 0 Å². The van der Waals surface area contributed by atoms with Gasteiger partial charge in [-0.05, 0) is 30.9 Å². The fourth-order valence-corrected chi connectivity index (χ4v) is 0.746. The maximum Gasteiger partial charge on any atom is 0.0934 e. The van der Waals surface area contributed by atoms with Crippen molar-refractivity contribution < 1.29 is 4.42 Å². The Kier molecular flexibility index (Phi) is 2.37. The first-order valence-corrected chi connectivity index (χ1v) is 3.22. The summed E-state index contributed by atoms with van der Waals surface area (Å²) in [7, 11) is 0. The van der Waals surface area contributed by atoms with Gasteiger partial charge in [0.25, 0.3) is 0 Å². The second kappa shape index (κ2) is 3.33. The Balaban J connectivity index is 2.30. The molecule has 1 heterocycles. The molecule has 1 nitrogen and oxygen atoms in total. The van der Waals surface area contributed by atoms with Crippen molar-refractivity contribution in [1.82, 2.24) is 0 Å². The molecule has 1 heteroatoms. The van der Waals surface area contributed by atoms with Crippen molar-refractivity contribution in [2.45, 2.75) is 19.8 Å². The van der Waals surface area contributed by atoms with Gasteiger partial charge in [0.15, 0.2) is 0 Å². The molecule has 1 radical (unpaired) electrons. The minimum absolute atomic E-state index is 1.10. The molecule has 0 saturated heterocycles. The molecule has 0 amide bonds. The van der Waals surface area contributed by atoms with Gasteiger partial charge in [0.1, 0.15) is 0 Å². The van der Waals surface area contributed by atoms with Crippen LogP contribution in [0.15, 0.2) is 23.0 Å². The largest absolute Gasteiger partial charge is 0.472 e. The van der Waals surface area contributed by atoms with E-state index in [1.807, 2.05) is 6.07 Å². The van der Waals surface area contributed by atoms with E-state index in [-0.39, 0.29) is 0 Å². The third-order valence-corrected chi connectivity index (χ3v) is 1.30. The van der Waals surface area contributed by atoms with Gasteiger partial charge in [0.2, 0.25) is 0 Å². The molecule has 1 aromatic heterocycles. The predicted molar refractivity (Wildman–Crippen MR) is 37.0 cm³/mol. The van der Waals surface area contributed by atoms with Crippen molar-refractivity contribution in [2.24, 2.45) is 0 Å². The summed E-state index contributed by atoms with van der Waals surface area (Å²) in [6.07, 6.45) is 7.91. The fourth-order valence-electron chi connectivity index (χ4n) is 0.746. The van der Waals surface area contributed by atoms with E-state index >= 15 is 0 Å². The zero-order chi connectivity index (χ0) is 6.53. The summed E-state index contributed by atoms with van der Waals surface area (Å²) in [5.74, 6) is 0. The summed E-state index contributed by atoms with van der Waals surface area (Å²) in [5.41, 5.74) is 1.29. The second-order valence-electron chi connectivity index (χ2n) is 2.08. The standard InChI is InChI=1S/C8H11O/c1-2-3-4-8-5-6-9-7-8/h2,5-7H,3-4H2,1H3. The van der Waals surface area contributed by atoms with Gasteiger partial charge in [-0.3, -0.25) is 0 Å². The normalized spacial score (nSPS) is 9.89. The highest BCUT2D eigenvalue weighted by Gasteiger charge is 1.90. The third-order valence-electron chi connectivity index (χ3n) is 1.30. The first-order valence-electron chi connectivity index (χ1n) is 3.22. The average molecular weight is 123 g/mol. The molecule has 0 aliphatic rings. The minimum atomic E-state index is 1.10. The Morgan fingerprint density at radius 3 is 3.11 bits per heavy atom. The lowest BCUT2D eigenvalue weighted by atomic mass is 10.2. The number of unbranched alkanes of at least 4 members (excludes halogenated alkanes) is 1. The van der Waals surface area contributed by atoms with Gasteiger partial charge >= 0.3 is 0 Å². The average Bonchev–Trinajstić information content (AvgIpc) is 2.34. The molecule has 0 saturated carbocycles. The number of rotatable bonds is 3. The molecular weight excluding hydrogens is 112 g/mol. The Morgan fingerprint density at radius 1 is 1.67 bits per heavy atom. The van der Waals surface area contributed by atoms with Crippen molar-refractivity contribution in [3.05, 3.63) is 30.6 Å². The van der Waals surface area contributed by atoms with Crippen LogP contribution in [0.4, 0.5) is 0 Å². The van der Waals surface area contributed by atoms with Crippen LogP contribution >= 0.6 is 0 Å². The Hall–Kier alpha value is -0.720. The van der Waals surface area contributed by atoms with E-state index in [9.17, 15) is 0 Å². The summed E-state index contributed by atoms with van der Waals surface area (Å²) in [6.45, 7) is 2.07. The smallest absolute Gasteiger partial charge is 0.0934 e. The summed E-state index contributed by atoms with van der Waals surface area (Å²) >= 11 is 0. The summed E-state index contributed by atoms with van der Waals surface area (Å²) in [5, 5.41) is 0. The van der Waals surface area contributed by atoms with Crippen LogP contribution < -0.4 is 0 Å². The van der Waals surface area contributed by atoms with Gasteiger partial charge in [0.05, 0.1) is 12.5 Å². The molecule has 0 spiro atoms. The lowest BCUT2D eigenvalue weighted by Crippen LogP contribution is -1.78. The molecule has 0 fully saturated rings. The van der Waals surface area contributed by atoms with Crippen molar-refractivity contribution in [3.8, 4) is 0 Å². The highest BCUT2D eigenvalue weighted by Crippen LogP contribution is 2.03. The molecule has 0 unspecified atom stereocenters. The van der Waals surface area contributed by atoms with Crippen LogP contribution in [0.3, 0.4) is 0 Å². The first-order chi connectivity index (χ1) is 4.43.